The molecule has 24 heavy (non-hydrogen) atoms. The summed E-state index contributed by atoms with van der Waals surface area (Å²) in [4.78, 5) is 12.4. The Labute approximate surface area is 145 Å². The van der Waals surface area contributed by atoms with Gasteiger partial charge >= 0.3 is 0 Å². The number of carbonyl (C=O) groups excluding carboxylic acids is 1. The Morgan fingerprint density at radius 2 is 1.71 bits per heavy atom. The summed E-state index contributed by atoms with van der Waals surface area (Å²) in [6.07, 6.45) is 0. The Morgan fingerprint density at radius 1 is 1.00 bits per heavy atom. The molecule has 0 radical (unpaired) electrons. The summed E-state index contributed by atoms with van der Waals surface area (Å²) in [6, 6.07) is 13.8. The van der Waals surface area contributed by atoms with Crippen LogP contribution in [0.2, 0.25) is 0 Å². The first-order chi connectivity index (χ1) is 11.5. The molecule has 5 heteroatoms. The molecule has 1 heterocycles. The number of thioether (sulfide) groups is 1. The van der Waals surface area contributed by atoms with E-state index in [9.17, 15) is 4.79 Å². The SMILES string of the molecule is Cc1ccc(-c2nnc(SCC(=O)c3cc(C)ccc3C)o2)cc1. The maximum atomic E-state index is 12.4. The fraction of sp³-hybridized carbons (Fsp3) is 0.211. The Balaban J connectivity index is 1.68. The average Bonchev–Trinajstić information content (AvgIpc) is 3.04. The van der Waals surface area contributed by atoms with Crippen LogP contribution in [0.15, 0.2) is 52.1 Å². The number of Topliss-reactive ketones (excluding diaryl/α,β-unsaturated/α-hetero) is 1. The molecule has 3 aromatic rings. The first-order valence-electron chi connectivity index (χ1n) is 7.67. The van der Waals surface area contributed by atoms with Gasteiger partial charge in [0.05, 0.1) is 5.75 Å². The van der Waals surface area contributed by atoms with E-state index in [1.807, 2.05) is 63.2 Å². The average molecular weight is 338 g/mol. The van der Waals surface area contributed by atoms with Gasteiger partial charge in [-0.05, 0) is 44.5 Å². The number of aryl methyl sites for hydroxylation is 3. The molecule has 0 aliphatic heterocycles. The summed E-state index contributed by atoms with van der Waals surface area (Å²) >= 11 is 1.27. The highest BCUT2D eigenvalue weighted by atomic mass is 32.2. The lowest BCUT2D eigenvalue weighted by molar-refractivity contribution is 0.102. The highest BCUT2D eigenvalue weighted by Gasteiger charge is 2.14. The monoisotopic (exact) mass is 338 g/mol. The van der Waals surface area contributed by atoms with Crippen molar-refractivity contribution >= 4 is 17.5 Å². The van der Waals surface area contributed by atoms with Gasteiger partial charge in [0.15, 0.2) is 5.78 Å². The molecule has 122 valence electrons. The number of ketones is 1. The molecule has 0 fully saturated rings. The first kappa shape index (κ1) is 16.5. The normalized spacial score (nSPS) is 10.8. The minimum absolute atomic E-state index is 0.0660. The van der Waals surface area contributed by atoms with Crippen LogP contribution in [0.4, 0.5) is 0 Å². The zero-order valence-electron chi connectivity index (χ0n) is 13.9. The van der Waals surface area contributed by atoms with E-state index in [0.29, 0.717) is 11.1 Å². The Bertz CT molecular complexity index is 869. The van der Waals surface area contributed by atoms with E-state index in [4.69, 9.17) is 4.42 Å². The van der Waals surface area contributed by atoms with Gasteiger partial charge in [0.1, 0.15) is 0 Å². The molecular weight excluding hydrogens is 320 g/mol. The molecule has 2 aromatic carbocycles. The Morgan fingerprint density at radius 3 is 2.46 bits per heavy atom. The third-order valence-corrected chi connectivity index (χ3v) is 4.54. The molecule has 1 aromatic heterocycles. The number of carbonyl (C=O) groups is 1. The van der Waals surface area contributed by atoms with E-state index in [0.717, 1.165) is 22.3 Å². The molecule has 0 aliphatic rings. The fourth-order valence-corrected chi connectivity index (χ4v) is 2.97. The van der Waals surface area contributed by atoms with E-state index in [1.54, 1.807) is 0 Å². The zero-order chi connectivity index (χ0) is 17.1. The molecule has 0 saturated carbocycles. The van der Waals surface area contributed by atoms with Crippen LogP contribution in [0.3, 0.4) is 0 Å². The minimum Gasteiger partial charge on any atom is -0.411 e. The van der Waals surface area contributed by atoms with E-state index in [2.05, 4.69) is 10.2 Å². The van der Waals surface area contributed by atoms with Crippen LogP contribution in [0, 0.1) is 20.8 Å². The summed E-state index contributed by atoms with van der Waals surface area (Å²) < 4.78 is 5.64. The van der Waals surface area contributed by atoms with Crippen molar-refractivity contribution in [3.05, 3.63) is 64.7 Å². The second kappa shape index (κ2) is 7.01. The molecule has 0 aliphatic carbocycles. The summed E-state index contributed by atoms with van der Waals surface area (Å²) in [7, 11) is 0. The molecule has 0 unspecified atom stereocenters. The van der Waals surface area contributed by atoms with Gasteiger partial charge in [0.25, 0.3) is 5.22 Å². The van der Waals surface area contributed by atoms with Gasteiger partial charge in [-0.25, -0.2) is 0 Å². The number of benzene rings is 2. The third kappa shape index (κ3) is 3.74. The molecule has 4 nitrogen and oxygen atoms in total. The van der Waals surface area contributed by atoms with E-state index in [-0.39, 0.29) is 11.5 Å². The number of hydrogen-bond donors (Lipinski definition) is 0. The molecule has 0 amide bonds. The molecule has 0 saturated heterocycles. The number of nitrogens with zero attached hydrogens (tertiary/aromatic N) is 2. The quantitative estimate of drug-likeness (QED) is 0.501. The maximum absolute atomic E-state index is 12.4. The predicted octanol–water partition coefficient (Wildman–Crippen LogP) is 4.64. The van der Waals surface area contributed by atoms with Gasteiger partial charge in [-0.3, -0.25) is 4.79 Å². The Kier molecular flexibility index (Phi) is 4.81. The maximum Gasteiger partial charge on any atom is 0.277 e. The summed E-state index contributed by atoms with van der Waals surface area (Å²) in [5, 5.41) is 8.47. The second-order valence-corrected chi connectivity index (χ2v) is 6.70. The fourth-order valence-electron chi connectivity index (χ4n) is 2.32. The standard InChI is InChI=1S/C19H18N2O2S/c1-12-5-8-15(9-6-12)18-20-21-19(23-18)24-11-17(22)16-10-13(2)4-7-14(16)3/h4-10H,11H2,1-3H3. The molecule has 0 atom stereocenters. The third-order valence-electron chi connectivity index (χ3n) is 3.73. The van der Waals surface area contributed by atoms with Gasteiger partial charge in [0.2, 0.25) is 5.89 Å². The summed E-state index contributed by atoms with van der Waals surface area (Å²) in [5.41, 5.74) is 4.86. The molecule has 3 rings (SSSR count). The van der Waals surface area contributed by atoms with Crippen LogP contribution in [-0.2, 0) is 0 Å². The van der Waals surface area contributed by atoms with Crippen molar-refractivity contribution in [2.75, 3.05) is 5.75 Å². The number of aromatic nitrogens is 2. The van der Waals surface area contributed by atoms with Crippen LogP contribution >= 0.6 is 11.8 Å². The van der Waals surface area contributed by atoms with Crippen LogP contribution in [0.1, 0.15) is 27.0 Å². The van der Waals surface area contributed by atoms with Crippen molar-refractivity contribution in [3.63, 3.8) is 0 Å². The number of rotatable bonds is 5. The van der Waals surface area contributed by atoms with Crippen LogP contribution < -0.4 is 0 Å². The van der Waals surface area contributed by atoms with Crippen molar-refractivity contribution in [2.24, 2.45) is 0 Å². The van der Waals surface area contributed by atoms with Gasteiger partial charge in [-0.15, -0.1) is 10.2 Å². The van der Waals surface area contributed by atoms with Crippen molar-refractivity contribution < 1.29 is 9.21 Å². The van der Waals surface area contributed by atoms with E-state index < -0.39 is 0 Å². The van der Waals surface area contributed by atoms with E-state index in [1.165, 1.54) is 17.3 Å². The van der Waals surface area contributed by atoms with Crippen molar-refractivity contribution in [1.29, 1.82) is 0 Å². The van der Waals surface area contributed by atoms with Crippen LogP contribution in [-0.4, -0.2) is 21.7 Å². The smallest absolute Gasteiger partial charge is 0.277 e. The minimum atomic E-state index is 0.0660. The van der Waals surface area contributed by atoms with Crippen molar-refractivity contribution in [2.45, 2.75) is 26.0 Å². The number of hydrogen-bond acceptors (Lipinski definition) is 5. The van der Waals surface area contributed by atoms with Crippen LogP contribution in [0.5, 0.6) is 0 Å². The lowest BCUT2D eigenvalue weighted by Gasteiger charge is -2.04. The second-order valence-electron chi connectivity index (χ2n) is 5.77. The topological polar surface area (TPSA) is 56.0 Å². The van der Waals surface area contributed by atoms with E-state index >= 15 is 0 Å². The largest absolute Gasteiger partial charge is 0.411 e. The molecule has 0 spiro atoms. The predicted molar refractivity (Wildman–Crippen MR) is 95.4 cm³/mol. The molecule has 0 bridgehead atoms. The summed E-state index contributed by atoms with van der Waals surface area (Å²) in [6.45, 7) is 5.95. The molecule has 0 N–H and O–H groups in total. The zero-order valence-corrected chi connectivity index (χ0v) is 14.7. The Hall–Kier alpha value is -2.40. The van der Waals surface area contributed by atoms with Crippen LogP contribution in [0.25, 0.3) is 11.5 Å². The van der Waals surface area contributed by atoms with Gasteiger partial charge in [0, 0.05) is 11.1 Å². The van der Waals surface area contributed by atoms with Crippen molar-refractivity contribution in [3.8, 4) is 11.5 Å². The van der Waals surface area contributed by atoms with Gasteiger partial charge in [-0.2, -0.15) is 0 Å². The highest BCUT2D eigenvalue weighted by Crippen LogP contribution is 2.24. The summed E-state index contributed by atoms with van der Waals surface area (Å²) in [5.74, 6) is 0.813. The highest BCUT2D eigenvalue weighted by molar-refractivity contribution is 7.99. The lowest BCUT2D eigenvalue weighted by atomic mass is 10.0. The molecular formula is C19H18N2O2S. The lowest BCUT2D eigenvalue weighted by Crippen LogP contribution is -2.05. The first-order valence-corrected chi connectivity index (χ1v) is 8.65. The van der Waals surface area contributed by atoms with Gasteiger partial charge in [-0.1, -0.05) is 47.2 Å². The van der Waals surface area contributed by atoms with Gasteiger partial charge < -0.3 is 4.42 Å². The van der Waals surface area contributed by atoms with Crippen molar-refractivity contribution in [1.82, 2.24) is 10.2 Å².